The van der Waals surface area contributed by atoms with Gasteiger partial charge in [0.25, 0.3) is 0 Å². The Kier molecular flexibility index (Phi) is 9.26. The first-order chi connectivity index (χ1) is 13.7. The molecule has 8 nitrogen and oxygen atoms in total. The molecular formula is C17H23F3NO7S2-. The fraction of sp³-hybridized carbons (Fsp3) is 0.588. The first kappa shape index (κ1) is 26.3. The van der Waals surface area contributed by atoms with Crippen LogP contribution in [0, 0.1) is 5.92 Å². The van der Waals surface area contributed by atoms with Crippen LogP contribution in [0.2, 0.25) is 0 Å². The van der Waals surface area contributed by atoms with Crippen LogP contribution >= 0.6 is 0 Å². The lowest BCUT2D eigenvalue weighted by Crippen LogP contribution is -2.24. The highest BCUT2D eigenvalue weighted by Crippen LogP contribution is 2.33. The maximum absolute atomic E-state index is 12.4. The number of hydrogen-bond acceptors (Lipinski definition) is 7. The number of hydrogen-bond donors (Lipinski definition) is 0. The van der Waals surface area contributed by atoms with Gasteiger partial charge in [0.15, 0.2) is 10.0 Å². The summed E-state index contributed by atoms with van der Waals surface area (Å²) >= 11 is 0. The van der Waals surface area contributed by atoms with Crippen molar-refractivity contribution in [2.45, 2.75) is 43.0 Å². The van der Waals surface area contributed by atoms with Crippen molar-refractivity contribution in [2.24, 2.45) is 5.92 Å². The van der Waals surface area contributed by atoms with Crippen molar-refractivity contribution in [3.05, 3.63) is 34.0 Å². The van der Waals surface area contributed by atoms with E-state index in [1.165, 1.54) is 19.2 Å². The van der Waals surface area contributed by atoms with Crippen LogP contribution in [0.1, 0.15) is 38.2 Å². The summed E-state index contributed by atoms with van der Waals surface area (Å²) in [7, 11) is -9.78. The van der Waals surface area contributed by atoms with Crippen LogP contribution in [-0.4, -0.2) is 48.6 Å². The molecule has 0 saturated heterocycles. The van der Waals surface area contributed by atoms with Gasteiger partial charge < -0.3 is 13.6 Å². The molecule has 0 aromatic heterocycles. The molecule has 0 fully saturated rings. The average molecular weight is 474 g/mol. The zero-order valence-corrected chi connectivity index (χ0v) is 18.2. The number of carbonyl (C=O) groups is 1. The number of nitrogens with zero attached hydrogens (tertiary/aromatic N) is 1. The predicted octanol–water partition coefficient (Wildman–Crippen LogP) is 3.31. The average Bonchev–Trinajstić information content (AvgIpc) is 2.64. The van der Waals surface area contributed by atoms with Crippen LogP contribution in [0.5, 0.6) is 0 Å². The van der Waals surface area contributed by atoms with Gasteiger partial charge >= 0.3 is 11.5 Å². The van der Waals surface area contributed by atoms with Crippen molar-refractivity contribution in [3.63, 3.8) is 0 Å². The Labute approximate surface area is 173 Å². The lowest BCUT2D eigenvalue weighted by molar-refractivity contribution is -0.150. The molecule has 0 amide bonds. The van der Waals surface area contributed by atoms with Gasteiger partial charge in [-0.25, -0.2) is 16.8 Å². The van der Waals surface area contributed by atoms with Crippen molar-refractivity contribution < 1.29 is 44.3 Å². The van der Waals surface area contributed by atoms with Gasteiger partial charge in [0.1, 0.15) is 16.6 Å². The van der Waals surface area contributed by atoms with Gasteiger partial charge in [-0.2, -0.15) is 13.2 Å². The molecule has 0 bridgehead atoms. The number of carbonyl (C=O) groups excluding carboxylic acids is 1. The summed E-state index contributed by atoms with van der Waals surface area (Å²) in [5, 5.41) is 0. The molecule has 0 aliphatic heterocycles. The number of alkyl halides is 3. The minimum Gasteiger partial charge on any atom is -0.463 e. The minimum absolute atomic E-state index is 0.122. The number of halogens is 3. The van der Waals surface area contributed by atoms with Crippen molar-refractivity contribution in [2.75, 3.05) is 20.3 Å². The molecule has 13 heteroatoms. The fourth-order valence-electron chi connectivity index (χ4n) is 2.52. The van der Waals surface area contributed by atoms with Crippen LogP contribution in [0.3, 0.4) is 0 Å². The Morgan fingerprint density at radius 1 is 1.10 bits per heavy atom. The Morgan fingerprint density at radius 3 is 2.13 bits per heavy atom. The van der Waals surface area contributed by atoms with Gasteiger partial charge in [-0.1, -0.05) is 26.0 Å². The summed E-state index contributed by atoms with van der Waals surface area (Å²) in [4.78, 5) is 11.4. The summed E-state index contributed by atoms with van der Waals surface area (Å²) in [6.45, 7) is 3.99. The normalized spacial score (nSPS) is 14.9. The molecule has 0 aliphatic carbocycles. The van der Waals surface area contributed by atoms with E-state index in [0.29, 0.717) is 18.4 Å². The molecule has 1 aromatic carbocycles. The number of ether oxygens (including phenoxy) is 2. The van der Waals surface area contributed by atoms with Gasteiger partial charge in [-0.15, -0.1) is 0 Å². The topological polar surface area (TPSA) is 118 Å². The van der Waals surface area contributed by atoms with Crippen LogP contribution in [0.15, 0.2) is 29.2 Å². The second-order valence-corrected chi connectivity index (χ2v) is 9.87. The van der Waals surface area contributed by atoms with Gasteiger partial charge in [-0.3, -0.25) is 4.79 Å². The molecule has 0 aliphatic rings. The van der Waals surface area contributed by atoms with E-state index in [1.807, 2.05) is 11.1 Å². The molecule has 0 N–H and O–H groups in total. The quantitative estimate of drug-likeness (QED) is 0.357. The lowest BCUT2D eigenvalue weighted by Gasteiger charge is -2.23. The highest BCUT2D eigenvalue weighted by Gasteiger charge is 2.40. The molecule has 2 atom stereocenters. The Bertz CT molecular complexity index is 914. The van der Waals surface area contributed by atoms with Gasteiger partial charge in [0.05, 0.1) is 12.5 Å². The van der Waals surface area contributed by atoms with Crippen LogP contribution in [-0.2, 0) is 34.3 Å². The summed E-state index contributed by atoms with van der Waals surface area (Å²) in [6, 6.07) is 4.59. The Morgan fingerprint density at radius 2 is 1.67 bits per heavy atom. The zero-order chi connectivity index (χ0) is 23.2. The van der Waals surface area contributed by atoms with E-state index in [-0.39, 0.29) is 19.1 Å². The molecular weight excluding hydrogens is 451 g/mol. The first-order valence-corrected chi connectivity index (χ1v) is 11.7. The molecule has 172 valence electrons. The third kappa shape index (κ3) is 7.22. The van der Waals surface area contributed by atoms with E-state index in [0.717, 1.165) is 12.1 Å². The van der Waals surface area contributed by atoms with E-state index < -0.39 is 42.3 Å². The van der Waals surface area contributed by atoms with Crippen LogP contribution in [0.25, 0.3) is 4.13 Å². The number of methoxy groups -OCH3 is 1. The highest BCUT2D eigenvalue weighted by atomic mass is 32.3. The predicted molar refractivity (Wildman–Crippen MR) is 102 cm³/mol. The van der Waals surface area contributed by atoms with Crippen molar-refractivity contribution >= 4 is 26.0 Å². The number of sulfonamides is 2. The van der Waals surface area contributed by atoms with Gasteiger partial charge in [-0.05, 0) is 36.5 Å². The maximum Gasteiger partial charge on any atom is 0.480 e. The summed E-state index contributed by atoms with van der Waals surface area (Å²) in [5.41, 5.74) is -5.21. The molecule has 0 saturated carbocycles. The monoisotopic (exact) mass is 474 g/mol. The summed E-state index contributed by atoms with van der Waals surface area (Å²) in [6.07, 6.45) is 0.901. The van der Waals surface area contributed by atoms with Crippen LogP contribution in [0.4, 0.5) is 13.2 Å². The van der Waals surface area contributed by atoms with E-state index in [9.17, 15) is 34.8 Å². The van der Waals surface area contributed by atoms with Gasteiger partial charge in [0.2, 0.25) is 0 Å². The smallest absolute Gasteiger partial charge is 0.463 e. The Hall–Kier alpha value is -1.70. The third-order valence-electron chi connectivity index (χ3n) is 4.23. The van der Waals surface area contributed by atoms with Crippen molar-refractivity contribution in [3.8, 4) is 0 Å². The molecule has 30 heavy (non-hydrogen) atoms. The second kappa shape index (κ2) is 10.6. The van der Waals surface area contributed by atoms with E-state index in [4.69, 9.17) is 9.47 Å². The van der Waals surface area contributed by atoms with E-state index in [1.54, 1.807) is 6.92 Å². The Balaban J connectivity index is 2.89. The summed E-state index contributed by atoms with van der Waals surface area (Å²) in [5.74, 6) is -1.01. The minimum atomic E-state index is -6.19. The molecule has 1 rings (SSSR count). The number of rotatable bonds is 11. The van der Waals surface area contributed by atoms with Crippen LogP contribution < -0.4 is 0 Å². The molecule has 0 radical (unpaired) electrons. The second-order valence-electron chi connectivity index (χ2n) is 6.44. The SMILES string of the molecule is CCC(CC(C)c1ccc(S(=O)(=O)[N-]S(=O)(=O)C(F)(F)F)cc1)C(=O)OCCOC. The largest absolute Gasteiger partial charge is 0.480 e. The van der Waals surface area contributed by atoms with E-state index in [2.05, 4.69) is 0 Å². The lowest BCUT2D eigenvalue weighted by atomic mass is 9.89. The fourth-order valence-corrected chi connectivity index (χ4v) is 4.71. The maximum atomic E-state index is 12.4. The van der Waals surface area contributed by atoms with Crippen molar-refractivity contribution in [1.29, 1.82) is 0 Å². The number of benzene rings is 1. The molecule has 0 spiro atoms. The number of esters is 1. The molecule has 1 aromatic rings. The highest BCUT2D eigenvalue weighted by molar-refractivity contribution is 8.12. The third-order valence-corrected chi connectivity index (χ3v) is 7.25. The standard InChI is InChI=1S/C17H23F3NO7S2/c1-4-13(16(22)28-10-9-27-3)11-12(2)14-5-7-15(8-6-14)29(23,24)21-30(25,26)17(18,19)20/h5-8,12-13H,4,9-11H2,1-3H3/q-1. The summed E-state index contributed by atoms with van der Waals surface area (Å²) < 4.78 is 94.9. The molecule has 2 unspecified atom stereocenters. The van der Waals surface area contributed by atoms with E-state index >= 15 is 0 Å². The first-order valence-electron chi connectivity index (χ1n) is 8.81. The zero-order valence-electron chi connectivity index (χ0n) is 16.5. The van der Waals surface area contributed by atoms with Crippen molar-refractivity contribution in [1.82, 2.24) is 0 Å². The van der Waals surface area contributed by atoms with Gasteiger partial charge in [0, 0.05) is 12.0 Å². The molecule has 0 heterocycles.